The van der Waals surface area contributed by atoms with Crippen molar-refractivity contribution < 1.29 is 19.8 Å². The van der Waals surface area contributed by atoms with Crippen LogP contribution in [0.2, 0.25) is 0 Å². The van der Waals surface area contributed by atoms with E-state index in [0.717, 1.165) is 0 Å². The third-order valence-corrected chi connectivity index (χ3v) is 2.81. The molecule has 0 heterocycles. The highest BCUT2D eigenvalue weighted by atomic mass is 16.3. The highest BCUT2D eigenvalue weighted by molar-refractivity contribution is 6.22. The standard InChI is InChI=1S/C11H16O4/c1-6-4-11(2,3)10(15)8(9(6)14)7(13)5-12/h6,12,15H,4-5H2,1-3H3. The normalized spacial score (nSPS) is 25.6. The summed E-state index contributed by atoms with van der Waals surface area (Å²) in [6.07, 6.45) is 0.514. The molecule has 0 aromatic rings. The lowest BCUT2D eigenvalue weighted by atomic mass is 9.71. The Bertz CT molecular complexity index is 338. The average molecular weight is 212 g/mol. The molecule has 0 saturated heterocycles. The minimum Gasteiger partial charge on any atom is -0.511 e. The summed E-state index contributed by atoms with van der Waals surface area (Å²) in [5, 5.41) is 18.5. The molecule has 1 atom stereocenters. The van der Waals surface area contributed by atoms with Crippen molar-refractivity contribution in [2.75, 3.05) is 6.61 Å². The summed E-state index contributed by atoms with van der Waals surface area (Å²) in [7, 11) is 0. The van der Waals surface area contributed by atoms with E-state index < -0.39 is 17.8 Å². The number of Topliss-reactive ketones (excluding diaryl/α,β-unsaturated/α-hetero) is 2. The molecule has 0 spiro atoms. The van der Waals surface area contributed by atoms with Crippen molar-refractivity contribution in [3.05, 3.63) is 11.3 Å². The van der Waals surface area contributed by atoms with E-state index in [4.69, 9.17) is 5.11 Å². The van der Waals surface area contributed by atoms with E-state index in [9.17, 15) is 14.7 Å². The molecule has 0 saturated carbocycles. The first kappa shape index (κ1) is 11.9. The Balaban J connectivity index is 3.27. The highest BCUT2D eigenvalue weighted by Gasteiger charge is 2.40. The van der Waals surface area contributed by atoms with Gasteiger partial charge in [0, 0.05) is 11.3 Å². The molecule has 1 aliphatic carbocycles. The molecule has 1 rings (SSSR count). The van der Waals surface area contributed by atoms with Crippen molar-refractivity contribution in [3.8, 4) is 0 Å². The molecule has 4 heteroatoms. The fraction of sp³-hybridized carbons (Fsp3) is 0.636. The number of hydrogen-bond acceptors (Lipinski definition) is 4. The Labute approximate surface area is 88.6 Å². The van der Waals surface area contributed by atoms with Crippen LogP contribution in [-0.4, -0.2) is 28.4 Å². The van der Waals surface area contributed by atoms with Crippen LogP contribution in [0.4, 0.5) is 0 Å². The maximum Gasteiger partial charge on any atom is 0.195 e. The smallest absolute Gasteiger partial charge is 0.195 e. The van der Waals surface area contributed by atoms with Crippen molar-refractivity contribution in [2.45, 2.75) is 27.2 Å². The summed E-state index contributed by atoms with van der Waals surface area (Å²) < 4.78 is 0. The van der Waals surface area contributed by atoms with E-state index in [1.54, 1.807) is 20.8 Å². The topological polar surface area (TPSA) is 74.6 Å². The average Bonchev–Trinajstić information content (AvgIpc) is 2.14. The van der Waals surface area contributed by atoms with Crippen molar-refractivity contribution in [3.63, 3.8) is 0 Å². The molecule has 0 radical (unpaired) electrons. The molecule has 0 bridgehead atoms. The quantitative estimate of drug-likeness (QED) is 0.669. The Morgan fingerprint density at radius 3 is 2.53 bits per heavy atom. The summed E-state index contributed by atoms with van der Waals surface area (Å²) in [5.74, 6) is -1.55. The van der Waals surface area contributed by atoms with Gasteiger partial charge in [0.2, 0.25) is 0 Å². The summed E-state index contributed by atoms with van der Waals surface area (Å²) in [6, 6.07) is 0. The molecule has 0 fully saturated rings. The molecule has 0 aromatic heterocycles. The second-order valence-corrected chi connectivity index (χ2v) is 4.66. The second-order valence-electron chi connectivity index (χ2n) is 4.66. The highest BCUT2D eigenvalue weighted by Crippen LogP contribution is 2.39. The largest absolute Gasteiger partial charge is 0.511 e. The number of aliphatic hydroxyl groups excluding tert-OH is 2. The lowest BCUT2D eigenvalue weighted by Crippen LogP contribution is -2.35. The molecule has 1 aliphatic rings. The van der Waals surface area contributed by atoms with Gasteiger partial charge in [-0.05, 0) is 6.42 Å². The van der Waals surface area contributed by atoms with Crippen molar-refractivity contribution in [2.24, 2.45) is 11.3 Å². The summed E-state index contributed by atoms with van der Waals surface area (Å²) in [4.78, 5) is 23.0. The van der Waals surface area contributed by atoms with E-state index in [1.807, 2.05) is 0 Å². The number of allylic oxidation sites excluding steroid dienone is 1. The van der Waals surface area contributed by atoms with Gasteiger partial charge in [-0.25, -0.2) is 0 Å². The number of ketones is 2. The summed E-state index contributed by atoms with van der Waals surface area (Å²) >= 11 is 0. The minimum absolute atomic E-state index is 0.190. The fourth-order valence-electron chi connectivity index (χ4n) is 2.00. The predicted molar refractivity (Wildman–Crippen MR) is 54.3 cm³/mol. The van der Waals surface area contributed by atoms with Crippen LogP contribution in [-0.2, 0) is 9.59 Å². The van der Waals surface area contributed by atoms with E-state index in [2.05, 4.69) is 0 Å². The van der Waals surface area contributed by atoms with Gasteiger partial charge in [0.25, 0.3) is 0 Å². The zero-order valence-corrected chi connectivity index (χ0v) is 9.20. The van der Waals surface area contributed by atoms with E-state index in [1.165, 1.54) is 0 Å². The first-order chi connectivity index (χ1) is 6.81. The fourth-order valence-corrected chi connectivity index (χ4v) is 2.00. The van der Waals surface area contributed by atoms with Crippen LogP contribution < -0.4 is 0 Å². The Morgan fingerprint density at radius 2 is 2.07 bits per heavy atom. The maximum absolute atomic E-state index is 11.7. The molecular formula is C11H16O4. The van der Waals surface area contributed by atoms with Gasteiger partial charge in [0.1, 0.15) is 17.9 Å². The summed E-state index contributed by atoms with van der Waals surface area (Å²) in [6.45, 7) is 4.53. The van der Waals surface area contributed by atoms with Crippen LogP contribution in [0, 0.1) is 11.3 Å². The molecule has 84 valence electrons. The third kappa shape index (κ3) is 1.95. The molecule has 1 unspecified atom stereocenters. The lowest BCUT2D eigenvalue weighted by Gasteiger charge is -2.33. The lowest BCUT2D eigenvalue weighted by molar-refractivity contribution is -0.126. The van der Waals surface area contributed by atoms with Gasteiger partial charge in [-0.1, -0.05) is 20.8 Å². The van der Waals surface area contributed by atoms with E-state index in [0.29, 0.717) is 6.42 Å². The number of carbonyl (C=O) groups excluding carboxylic acids is 2. The van der Waals surface area contributed by atoms with Crippen LogP contribution in [0.1, 0.15) is 27.2 Å². The van der Waals surface area contributed by atoms with Crippen LogP contribution in [0.15, 0.2) is 11.3 Å². The number of carbonyl (C=O) groups is 2. The molecule has 0 aliphatic heterocycles. The van der Waals surface area contributed by atoms with Gasteiger partial charge in [-0.3, -0.25) is 9.59 Å². The number of aliphatic hydroxyl groups is 2. The van der Waals surface area contributed by atoms with Gasteiger partial charge in [0.05, 0.1) is 0 Å². The minimum atomic E-state index is -0.742. The molecule has 0 amide bonds. The van der Waals surface area contributed by atoms with E-state index >= 15 is 0 Å². The van der Waals surface area contributed by atoms with Gasteiger partial charge in [-0.2, -0.15) is 0 Å². The van der Waals surface area contributed by atoms with Crippen LogP contribution >= 0.6 is 0 Å². The van der Waals surface area contributed by atoms with Crippen molar-refractivity contribution in [1.29, 1.82) is 0 Å². The first-order valence-corrected chi connectivity index (χ1v) is 4.93. The zero-order chi connectivity index (χ0) is 11.8. The van der Waals surface area contributed by atoms with Gasteiger partial charge in [-0.15, -0.1) is 0 Å². The Kier molecular flexibility index (Phi) is 3.00. The van der Waals surface area contributed by atoms with E-state index in [-0.39, 0.29) is 23.0 Å². The van der Waals surface area contributed by atoms with Crippen LogP contribution in [0.3, 0.4) is 0 Å². The van der Waals surface area contributed by atoms with Crippen molar-refractivity contribution >= 4 is 11.6 Å². The Hall–Kier alpha value is -1.16. The summed E-state index contributed by atoms with van der Waals surface area (Å²) in [5.41, 5.74) is -0.797. The maximum atomic E-state index is 11.7. The second kappa shape index (κ2) is 3.77. The molecule has 0 aromatic carbocycles. The zero-order valence-electron chi connectivity index (χ0n) is 9.20. The van der Waals surface area contributed by atoms with Gasteiger partial charge < -0.3 is 10.2 Å². The molecular weight excluding hydrogens is 196 g/mol. The molecule has 2 N–H and O–H groups in total. The number of hydrogen-bond donors (Lipinski definition) is 2. The molecule has 15 heavy (non-hydrogen) atoms. The predicted octanol–water partition coefficient (Wildman–Crippen LogP) is 0.995. The third-order valence-electron chi connectivity index (χ3n) is 2.81. The van der Waals surface area contributed by atoms with Crippen LogP contribution in [0.25, 0.3) is 0 Å². The van der Waals surface area contributed by atoms with Gasteiger partial charge in [0.15, 0.2) is 11.6 Å². The first-order valence-electron chi connectivity index (χ1n) is 4.93. The van der Waals surface area contributed by atoms with Crippen molar-refractivity contribution in [1.82, 2.24) is 0 Å². The monoisotopic (exact) mass is 212 g/mol. The molecule has 4 nitrogen and oxygen atoms in total. The van der Waals surface area contributed by atoms with Gasteiger partial charge >= 0.3 is 0 Å². The number of rotatable bonds is 2. The van der Waals surface area contributed by atoms with Crippen LogP contribution in [0.5, 0.6) is 0 Å². The SMILES string of the molecule is CC1CC(C)(C)C(O)=C(C(=O)CO)C1=O. The Morgan fingerprint density at radius 1 is 1.53 bits per heavy atom.